The number of carboxylic acid groups (broad SMARTS) is 1. The minimum atomic E-state index is -0.935. The van der Waals surface area contributed by atoms with Crippen LogP contribution in [0.5, 0.6) is 0 Å². The first kappa shape index (κ1) is 12.6. The highest BCUT2D eigenvalue weighted by Crippen LogP contribution is 2.46. The fraction of sp³-hybridized carbons (Fsp3) is 0.615. The summed E-state index contributed by atoms with van der Waals surface area (Å²) in [5.41, 5.74) is -0.646. The highest BCUT2D eigenvalue weighted by atomic mass is 32.1. The van der Waals surface area contributed by atoms with Crippen molar-refractivity contribution in [3.63, 3.8) is 0 Å². The van der Waals surface area contributed by atoms with Crippen molar-refractivity contribution in [3.05, 3.63) is 21.9 Å². The summed E-state index contributed by atoms with van der Waals surface area (Å²) in [4.78, 5) is 11.8. The molecular formula is C13H18O3S. The molecule has 1 heterocycles. The van der Waals surface area contributed by atoms with E-state index in [0.717, 1.165) is 25.7 Å². The van der Waals surface area contributed by atoms with Crippen LogP contribution in [0, 0.1) is 5.92 Å². The summed E-state index contributed by atoms with van der Waals surface area (Å²) in [6.07, 6.45) is 4.68. The topological polar surface area (TPSA) is 57.5 Å². The minimum Gasteiger partial charge on any atom is -0.478 e. The quantitative estimate of drug-likeness (QED) is 0.870. The lowest BCUT2D eigenvalue weighted by molar-refractivity contribution is -0.0533. The normalized spacial score (nSPS) is 29.2. The maximum atomic E-state index is 11.2. The zero-order chi connectivity index (χ0) is 12.5. The molecule has 1 aromatic rings. The second-order valence-corrected chi connectivity index (χ2v) is 5.66. The molecule has 2 atom stereocenters. The Morgan fingerprint density at radius 3 is 3.00 bits per heavy atom. The van der Waals surface area contributed by atoms with Gasteiger partial charge in [0.1, 0.15) is 5.60 Å². The molecule has 1 aliphatic rings. The zero-order valence-corrected chi connectivity index (χ0v) is 10.8. The molecule has 1 aromatic heterocycles. The molecule has 0 aliphatic heterocycles. The molecule has 0 saturated heterocycles. The average molecular weight is 254 g/mol. The van der Waals surface area contributed by atoms with Gasteiger partial charge in [-0.3, -0.25) is 0 Å². The molecule has 0 spiro atoms. The van der Waals surface area contributed by atoms with Gasteiger partial charge in [0.05, 0.1) is 10.4 Å². The Bertz CT molecular complexity index is 413. The molecule has 94 valence electrons. The van der Waals surface area contributed by atoms with Gasteiger partial charge in [-0.1, -0.05) is 26.2 Å². The third-order valence-corrected chi connectivity index (χ3v) is 4.90. The molecule has 0 amide bonds. The van der Waals surface area contributed by atoms with Crippen molar-refractivity contribution in [1.82, 2.24) is 0 Å². The second-order valence-electron chi connectivity index (χ2n) is 4.74. The van der Waals surface area contributed by atoms with Crippen LogP contribution in [-0.4, -0.2) is 16.2 Å². The number of hydrogen-bond acceptors (Lipinski definition) is 3. The molecule has 2 unspecified atom stereocenters. The number of thiophene rings is 1. The summed E-state index contributed by atoms with van der Waals surface area (Å²) in [7, 11) is 0. The van der Waals surface area contributed by atoms with Gasteiger partial charge in [-0.15, -0.1) is 11.3 Å². The maximum Gasteiger partial charge on any atom is 0.336 e. The number of aliphatic hydroxyl groups is 1. The standard InChI is InChI=1S/C13H18O3S/c1-2-9-5-3-4-7-13(9,16)11-10(12(14)15)6-8-17-11/h6,8-9,16H,2-5,7H2,1H3,(H,14,15). The van der Waals surface area contributed by atoms with Crippen LogP contribution in [-0.2, 0) is 5.60 Å². The fourth-order valence-electron chi connectivity index (χ4n) is 2.88. The van der Waals surface area contributed by atoms with Crippen molar-refractivity contribution in [2.45, 2.75) is 44.6 Å². The van der Waals surface area contributed by atoms with E-state index in [1.807, 2.05) is 0 Å². The van der Waals surface area contributed by atoms with Crippen LogP contribution in [0.25, 0.3) is 0 Å². The van der Waals surface area contributed by atoms with Crippen LogP contribution in [0.15, 0.2) is 11.4 Å². The summed E-state index contributed by atoms with van der Waals surface area (Å²) in [6, 6.07) is 1.60. The monoisotopic (exact) mass is 254 g/mol. The lowest BCUT2D eigenvalue weighted by Gasteiger charge is -2.39. The highest BCUT2D eigenvalue weighted by Gasteiger charge is 2.42. The van der Waals surface area contributed by atoms with E-state index in [1.54, 1.807) is 11.4 Å². The number of aromatic carboxylic acids is 1. The third-order valence-electron chi connectivity index (χ3n) is 3.82. The number of hydrogen-bond donors (Lipinski definition) is 2. The van der Waals surface area contributed by atoms with Gasteiger partial charge >= 0.3 is 5.97 Å². The summed E-state index contributed by atoms with van der Waals surface area (Å²) in [5.74, 6) is -0.747. The van der Waals surface area contributed by atoms with Gasteiger partial charge in [-0.2, -0.15) is 0 Å². The molecule has 4 heteroatoms. The van der Waals surface area contributed by atoms with Crippen molar-refractivity contribution < 1.29 is 15.0 Å². The Morgan fingerprint density at radius 2 is 2.35 bits per heavy atom. The predicted molar refractivity (Wildman–Crippen MR) is 67.4 cm³/mol. The molecule has 1 aliphatic carbocycles. The molecule has 2 N–H and O–H groups in total. The SMILES string of the molecule is CCC1CCCCC1(O)c1sccc1C(=O)O. The first-order valence-electron chi connectivity index (χ1n) is 6.13. The van der Waals surface area contributed by atoms with Crippen molar-refractivity contribution in [3.8, 4) is 0 Å². The Hall–Kier alpha value is -0.870. The Morgan fingerprint density at radius 1 is 1.59 bits per heavy atom. The predicted octanol–water partition coefficient (Wildman–Crippen LogP) is 3.23. The van der Waals surface area contributed by atoms with Gasteiger partial charge in [-0.05, 0) is 30.2 Å². The molecule has 1 saturated carbocycles. The maximum absolute atomic E-state index is 11.2. The smallest absolute Gasteiger partial charge is 0.336 e. The van der Waals surface area contributed by atoms with E-state index in [9.17, 15) is 9.90 Å². The first-order valence-corrected chi connectivity index (χ1v) is 7.01. The number of carboxylic acids is 1. The molecule has 0 bridgehead atoms. The van der Waals surface area contributed by atoms with E-state index < -0.39 is 11.6 Å². The molecule has 17 heavy (non-hydrogen) atoms. The average Bonchev–Trinajstić information content (AvgIpc) is 2.79. The van der Waals surface area contributed by atoms with E-state index >= 15 is 0 Å². The summed E-state index contributed by atoms with van der Waals surface area (Å²) < 4.78 is 0. The summed E-state index contributed by atoms with van der Waals surface area (Å²) in [5, 5.41) is 21.8. The van der Waals surface area contributed by atoms with Crippen LogP contribution in [0.1, 0.15) is 54.3 Å². The van der Waals surface area contributed by atoms with Crippen LogP contribution in [0.3, 0.4) is 0 Å². The third kappa shape index (κ3) is 2.11. The lowest BCUT2D eigenvalue weighted by Crippen LogP contribution is -2.38. The van der Waals surface area contributed by atoms with Crippen LogP contribution >= 0.6 is 11.3 Å². The van der Waals surface area contributed by atoms with E-state index in [0.29, 0.717) is 11.3 Å². The zero-order valence-electron chi connectivity index (χ0n) is 9.98. The van der Waals surface area contributed by atoms with Crippen LogP contribution < -0.4 is 0 Å². The summed E-state index contributed by atoms with van der Waals surface area (Å²) in [6.45, 7) is 2.06. The van der Waals surface area contributed by atoms with Gasteiger partial charge in [-0.25, -0.2) is 4.79 Å². The second kappa shape index (κ2) is 4.78. The summed E-state index contributed by atoms with van der Waals surface area (Å²) >= 11 is 1.37. The molecular weight excluding hydrogens is 236 g/mol. The Kier molecular flexibility index (Phi) is 3.54. The number of rotatable bonds is 3. The van der Waals surface area contributed by atoms with Crippen molar-refractivity contribution >= 4 is 17.3 Å². The van der Waals surface area contributed by atoms with E-state index in [1.165, 1.54) is 11.3 Å². The van der Waals surface area contributed by atoms with Crippen molar-refractivity contribution in [2.24, 2.45) is 5.92 Å². The Labute approximate surface area is 105 Å². The molecule has 2 rings (SSSR count). The van der Waals surface area contributed by atoms with Gasteiger partial charge in [0.15, 0.2) is 0 Å². The fourth-order valence-corrected chi connectivity index (χ4v) is 3.98. The molecule has 0 radical (unpaired) electrons. The Balaban J connectivity index is 2.41. The first-order chi connectivity index (χ1) is 8.09. The van der Waals surface area contributed by atoms with E-state index in [4.69, 9.17) is 5.11 Å². The van der Waals surface area contributed by atoms with Crippen LogP contribution in [0.4, 0.5) is 0 Å². The van der Waals surface area contributed by atoms with Crippen molar-refractivity contribution in [1.29, 1.82) is 0 Å². The largest absolute Gasteiger partial charge is 0.478 e. The number of carbonyl (C=O) groups is 1. The molecule has 3 nitrogen and oxygen atoms in total. The highest BCUT2D eigenvalue weighted by molar-refractivity contribution is 7.10. The lowest BCUT2D eigenvalue weighted by atomic mass is 9.72. The van der Waals surface area contributed by atoms with Crippen molar-refractivity contribution in [2.75, 3.05) is 0 Å². The van der Waals surface area contributed by atoms with Gasteiger partial charge in [0.25, 0.3) is 0 Å². The molecule has 1 fully saturated rings. The van der Waals surface area contributed by atoms with E-state index in [-0.39, 0.29) is 11.5 Å². The minimum absolute atomic E-state index is 0.188. The van der Waals surface area contributed by atoms with Gasteiger partial charge in [0.2, 0.25) is 0 Å². The molecule has 0 aromatic carbocycles. The van der Waals surface area contributed by atoms with Gasteiger partial charge < -0.3 is 10.2 Å². The van der Waals surface area contributed by atoms with Gasteiger partial charge in [0, 0.05) is 0 Å². The van der Waals surface area contributed by atoms with E-state index in [2.05, 4.69) is 6.92 Å². The van der Waals surface area contributed by atoms with Crippen LogP contribution in [0.2, 0.25) is 0 Å².